The standard InChI is InChI=1S/C10H21NO/c1-2-3-4-5-10(9-12)6-7-11-8-10/h11-12H,2-9H2,1H3. The summed E-state index contributed by atoms with van der Waals surface area (Å²) >= 11 is 0. The minimum atomic E-state index is 0.231. The van der Waals surface area contributed by atoms with Gasteiger partial charge in [-0.1, -0.05) is 26.2 Å². The summed E-state index contributed by atoms with van der Waals surface area (Å²) in [5, 5.41) is 12.6. The minimum Gasteiger partial charge on any atom is -0.396 e. The number of aliphatic hydroxyl groups excluding tert-OH is 1. The van der Waals surface area contributed by atoms with Crippen LogP contribution in [0.1, 0.15) is 39.0 Å². The van der Waals surface area contributed by atoms with Gasteiger partial charge in [0.2, 0.25) is 0 Å². The maximum atomic E-state index is 9.28. The van der Waals surface area contributed by atoms with Crippen molar-refractivity contribution in [2.45, 2.75) is 39.0 Å². The molecule has 0 spiro atoms. The first-order chi connectivity index (χ1) is 5.83. The van der Waals surface area contributed by atoms with E-state index in [-0.39, 0.29) is 5.41 Å². The minimum absolute atomic E-state index is 0.231. The molecule has 0 aromatic heterocycles. The lowest BCUT2D eigenvalue weighted by molar-refractivity contribution is 0.130. The smallest absolute Gasteiger partial charge is 0.0500 e. The predicted molar refractivity (Wildman–Crippen MR) is 51.1 cm³/mol. The van der Waals surface area contributed by atoms with Crippen LogP contribution >= 0.6 is 0 Å². The van der Waals surface area contributed by atoms with Gasteiger partial charge in [-0.15, -0.1) is 0 Å². The van der Waals surface area contributed by atoms with Crippen molar-refractivity contribution in [3.8, 4) is 0 Å². The van der Waals surface area contributed by atoms with Crippen molar-refractivity contribution in [2.75, 3.05) is 19.7 Å². The summed E-state index contributed by atoms with van der Waals surface area (Å²) in [7, 11) is 0. The largest absolute Gasteiger partial charge is 0.396 e. The summed E-state index contributed by atoms with van der Waals surface area (Å²) in [4.78, 5) is 0. The predicted octanol–water partition coefficient (Wildman–Crippen LogP) is 1.54. The average molecular weight is 171 g/mol. The Kier molecular flexibility index (Phi) is 4.02. The van der Waals surface area contributed by atoms with Crippen molar-refractivity contribution in [3.63, 3.8) is 0 Å². The Morgan fingerprint density at radius 3 is 2.75 bits per heavy atom. The van der Waals surface area contributed by atoms with Crippen LogP contribution in [0, 0.1) is 5.41 Å². The molecule has 1 rings (SSSR count). The van der Waals surface area contributed by atoms with E-state index in [0.29, 0.717) is 6.61 Å². The molecule has 1 aliphatic heterocycles. The van der Waals surface area contributed by atoms with Gasteiger partial charge in [-0.3, -0.25) is 0 Å². The van der Waals surface area contributed by atoms with Crippen molar-refractivity contribution in [1.29, 1.82) is 0 Å². The Labute approximate surface area is 75.4 Å². The fraction of sp³-hybridized carbons (Fsp3) is 1.00. The van der Waals surface area contributed by atoms with Crippen LogP contribution < -0.4 is 5.32 Å². The molecule has 1 unspecified atom stereocenters. The van der Waals surface area contributed by atoms with Gasteiger partial charge in [-0.05, 0) is 19.4 Å². The van der Waals surface area contributed by atoms with Crippen molar-refractivity contribution < 1.29 is 5.11 Å². The number of aliphatic hydroxyl groups is 1. The van der Waals surface area contributed by atoms with Gasteiger partial charge in [0.1, 0.15) is 0 Å². The second kappa shape index (κ2) is 4.83. The molecular formula is C10H21NO. The van der Waals surface area contributed by atoms with Gasteiger partial charge in [-0.2, -0.15) is 0 Å². The molecule has 1 fully saturated rings. The van der Waals surface area contributed by atoms with E-state index in [9.17, 15) is 5.11 Å². The molecule has 0 bridgehead atoms. The monoisotopic (exact) mass is 171 g/mol. The third kappa shape index (κ3) is 2.46. The maximum absolute atomic E-state index is 9.28. The lowest BCUT2D eigenvalue weighted by atomic mass is 9.83. The number of rotatable bonds is 5. The molecule has 0 aliphatic carbocycles. The lowest BCUT2D eigenvalue weighted by Gasteiger charge is -2.25. The number of nitrogens with one attached hydrogen (secondary N) is 1. The van der Waals surface area contributed by atoms with Crippen molar-refractivity contribution in [2.24, 2.45) is 5.41 Å². The summed E-state index contributed by atoms with van der Waals surface area (Å²) in [5.41, 5.74) is 0.231. The molecule has 0 radical (unpaired) electrons. The zero-order valence-electron chi connectivity index (χ0n) is 8.10. The molecule has 0 aromatic rings. The van der Waals surface area contributed by atoms with Crippen molar-refractivity contribution >= 4 is 0 Å². The molecule has 1 atom stereocenters. The highest BCUT2D eigenvalue weighted by Crippen LogP contribution is 2.30. The van der Waals surface area contributed by atoms with Gasteiger partial charge in [0.05, 0.1) is 0 Å². The van der Waals surface area contributed by atoms with Gasteiger partial charge in [-0.25, -0.2) is 0 Å². The molecule has 2 N–H and O–H groups in total. The average Bonchev–Trinajstić information content (AvgIpc) is 2.55. The van der Waals surface area contributed by atoms with E-state index in [0.717, 1.165) is 19.5 Å². The van der Waals surface area contributed by atoms with Gasteiger partial charge in [0.15, 0.2) is 0 Å². The molecule has 12 heavy (non-hydrogen) atoms. The van der Waals surface area contributed by atoms with E-state index >= 15 is 0 Å². The van der Waals surface area contributed by atoms with Crippen LogP contribution in [0.5, 0.6) is 0 Å². The zero-order valence-corrected chi connectivity index (χ0v) is 8.10. The third-order valence-corrected chi connectivity index (χ3v) is 2.98. The van der Waals surface area contributed by atoms with Gasteiger partial charge in [0.25, 0.3) is 0 Å². The van der Waals surface area contributed by atoms with Crippen molar-refractivity contribution in [3.05, 3.63) is 0 Å². The highest BCUT2D eigenvalue weighted by atomic mass is 16.3. The molecule has 1 heterocycles. The summed E-state index contributed by atoms with van der Waals surface area (Å²) in [6.45, 7) is 4.70. The van der Waals surface area contributed by atoms with E-state index < -0.39 is 0 Å². The number of hydrogen-bond donors (Lipinski definition) is 2. The Bertz CT molecular complexity index is 119. The Morgan fingerprint density at radius 2 is 2.25 bits per heavy atom. The van der Waals surface area contributed by atoms with E-state index in [2.05, 4.69) is 12.2 Å². The molecule has 0 saturated carbocycles. The third-order valence-electron chi connectivity index (χ3n) is 2.98. The Morgan fingerprint density at radius 1 is 1.42 bits per heavy atom. The SMILES string of the molecule is CCCCCC1(CO)CCNC1. The molecule has 2 heteroatoms. The number of hydrogen-bond acceptors (Lipinski definition) is 2. The normalized spacial score (nSPS) is 29.5. The zero-order chi connectivity index (χ0) is 8.86. The van der Waals surface area contributed by atoms with Crippen LogP contribution in [0.2, 0.25) is 0 Å². The Balaban J connectivity index is 2.24. The van der Waals surface area contributed by atoms with E-state index in [4.69, 9.17) is 0 Å². The summed E-state index contributed by atoms with van der Waals surface area (Å²) < 4.78 is 0. The highest BCUT2D eigenvalue weighted by molar-refractivity contribution is 4.86. The molecular weight excluding hydrogens is 150 g/mol. The lowest BCUT2D eigenvalue weighted by Crippen LogP contribution is -2.28. The van der Waals surface area contributed by atoms with Crippen LogP contribution in [0.4, 0.5) is 0 Å². The molecule has 72 valence electrons. The highest BCUT2D eigenvalue weighted by Gasteiger charge is 2.31. The first-order valence-electron chi connectivity index (χ1n) is 5.14. The first kappa shape index (κ1) is 10.0. The molecule has 1 aliphatic rings. The van der Waals surface area contributed by atoms with Crippen molar-refractivity contribution in [1.82, 2.24) is 5.32 Å². The second-order valence-electron chi connectivity index (χ2n) is 4.04. The Hall–Kier alpha value is -0.0800. The van der Waals surface area contributed by atoms with Crippen LogP contribution in [0.15, 0.2) is 0 Å². The van der Waals surface area contributed by atoms with Crippen LogP contribution in [0.25, 0.3) is 0 Å². The topological polar surface area (TPSA) is 32.3 Å². The van der Waals surface area contributed by atoms with E-state index in [1.54, 1.807) is 0 Å². The van der Waals surface area contributed by atoms with Gasteiger partial charge in [0, 0.05) is 18.6 Å². The number of unbranched alkanes of at least 4 members (excludes halogenated alkanes) is 2. The fourth-order valence-corrected chi connectivity index (χ4v) is 1.97. The summed E-state index contributed by atoms with van der Waals surface area (Å²) in [6.07, 6.45) is 6.22. The molecule has 0 amide bonds. The summed E-state index contributed by atoms with van der Waals surface area (Å²) in [5.74, 6) is 0. The first-order valence-corrected chi connectivity index (χ1v) is 5.14. The summed E-state index contributed by atoms with van der Waals surface area (Å²) in [6, 6.07) is 0. The fourth-order valence-electron chi connectivity index (χ4n) is 1.97. The maximum Gasteiger partial charge on any atom is 0.0500 e. The van der Waals surface area contributed by atoms with Crippen LogP contribution in [-0.4, -0.2) is 24.8 Å². The second-order valence-corrected chi connectivity index (χ2v) is 4.04. The van der Waals surface area contributed by atoms with E-state index in [1.165, 1.54) is 25.7 Å². The molecule has 0 aromatic carbocycles. The van der Waals surface area contributed by atoms with Crippen LogP contribution in [0.3, 0.4) is 0 Å². The quantitative estimate of drug-likeness (QED) is 0.615. The van der Waals surface area contributed by atoms with Crippen LogP contribution in [-0.2, 0) is 0 Å². The van der Waals surface area contributed by atoms with E-state index in [1.807, 2.05) is 0 Å². The molecule has 2 nitrogen and oxygen atoms in total. The van der Waals surface area contributed by atoms with Gasteiger partial charge < -0.3 is 10.4 Å². The van der Waals surface area contributed by atoms with Gasteiger partial charge >= 0.3 is 0 Å². The molecule has 1 saturated heterocycles.